The SMILES string of the molecule is Cc1cccnc1C(NCCOc1ccc(Cl)cc1)C(C)C. The van der Waals surface area contributed by atoms with E-state index in [-0.39, 0.29) is 6.04 Å². The Labute approximate surface area is 137 Å². The third kappa shape index (κ3) is 4.72. The van der Waals surface area contributed by atoms with Crippen LogP contribution in [0.3, 0.4) is 0 Å². The first kappa shape index (κ1) is 16.8. The zero-order valence-electron chi connectivity index (χ0n) is 13.3. The third-order valence-electron chi connectivity index (χ3n) is 3.56. The number of rotatable bonds is 7. The molecule has 0 fully saturated rings. The highest BCUT2D eigenvalue weighted by molar-refractivity contribution is 6.30. The van der Waals surface area contributed by atoms with E-state index in [1.54, 1.807) is 0 Å². The van der Waals surface area contributed by atoms with Crippen molar-refractivity contribution in [3.8, 4) is 5.75 Å². The summed E-state index contributed by atoms with van der Waals surface area (Å²) in [5, 5.41) is 4.26. The molecule has 0 radical (unpaired) electrons. The molecule has 1 aromatic carbocycles. The summed E-state index contributed by atoms with van der Waals surface area (Å²) in [5.41, 5.74) is 2.33. The number of ether oxygens (including phenoxy) is 1. The molecule has 0 saturated heterocycles. The second-order valence-electron chi connectivity index (χ2n) is 5.68. The molecule has 1 aromatic heterocycles. The van der Waals surface area contributed by atoms with Crippen LogP contribution in [0.5, 0.6) is 5.75 Å². The van der Waals surface area contributed by atoms with E-state index in [2.05, 4.69) is 37.1 Å². The average Bonchev–Trinajstić information content (AvgIpc) is 2.50. The first-order valence-corrected chi connectivity index (χ1v) is 7.99. The number of nitrogens with one attached hydrogen (secondary N) is 1. The molecule has 118 valence electrons. The molecular weight excluding hydrogens is 296 g/mol. The lowest BCUT2D eigenvalue weighted by Crippen LogP contribution is -2.30. The van der Waals surface area contributed by atoms with Gasteiger partial charge in [0.1, 0.15) is 12.4 Å². The van der Waals surface area contributed by atoms with Gasteiger partial charge in [-0.1, -0.05) is 31.5 Å². The maximum Gasteiger partial charge on any atom is 0.119 e. The van der Waals surface area contributed by atoms with E-state index in [1.165, 1.54) is 5.56 Å². The van der Waals surface area contributed by atoms with Crippen molar-refractivity contribution in [2.45, 2.75) is 26.8 Å². The van der Waals surface area contributed by atoms with Gasteiger partial charge in [-0.05, 0) is 48.7 Å². The maximum absolute atomic E-state index is 5.86. The van der Waals surface area contributed by atoms with Crippen molar-refractivity contribution < 1.29 is 4.74 Å². The summed E-state index contributed by atoms with van der Waals surface area (Å²) in [7, 11) is 0. The molecule has 1 N–H and O–H groups in total. The molecule has 4 heteroatoms. The Morgan fingerprint density at radius 2 is 1.91 bits per heavy atom. The van der Waals surface area contributed by atoms with Gasteiger partial charge in [-0.3, -0.25) is 4.98 Å². The highest BCUT2D eigenvalue weighted by Gasteiger charge is 2.18. The molecule has 1 heterocycles. The third-order valence-corrected chi connectivity index (χ3v) is 3.81. The van der Waals surface area contributed by atoms with Gasteiger partial charge in [0.2, 0.25) is 0 Å². The van der Waals surface area contributed by atoms with E-state index < -0.39 is 0 Å². The minimum absolute atomic E-state index is 0.231. The molecule has 2 rings (SSSR count). The van der Waals surface area contributed by atoms with Gasteiger partial charge in [0.05, 0.1) is 11.7 Å². The Morgan fingerprint density at radius 3 is 2.55 bits per heavy atom. The first-order chi connectivity index (χ1) is 10.6. The fourth-order valence-electron chi connectivity index (χ4n) is 2.39. The minimum atomic E-state index is 0.231. The molecule has 0 aliphatic heterocycles. The molecule has 1 atom stereocenters. The van der Waals surface area contributed by atoms with Gasteiger partial charge in [-0.2, -0.15) is 0 Å². The van der Waals surface area contributed by atoms with Crippen molar-refractivity contribution in [2.24, 2.45) is 5.92 Å². The second kappa shape index (κ2) is 8.16. The molecule has 0 aliphatic rings. The number of pyridine rings is 1. The Morgan fingerprint density at radius 1 is 1.18 bits per heavy atom. The van der Waals surface area contributed by atoms with E-state index in [0.29, 0.717) is 12.5 Å². The lowest BCUT2D eigenvalue weighted by atomic mass is 9.97. The monoisotopic (exact) mass is 318 g/mol. The molecule has 0 bridgehead atoms. The molecule has 0 amide bonds. The number of aryl methyl sites for hydroxylation is 1. The summed E-state index contributed by atoms with van der Waals surface area (Å²) >= 11 is 5.86. The Balaban J connectivity index is 1.87. The summed E-state index contributed by atoms with van der Waals surface area (Å²) in [6.45, 7) is 7.87. The van der Waals surface area contributed by atoms with Gasteiger partial charge in [-0.15, -0.1) is 0 Å². The van der Waals surface area contributed by atoms with Crippen molar-refractivity contribution in [1.29, 1.82) is 0 Å². The van der Waals surface area contributed by atoms with Gasteiger partial charge in [-0.25, -0.2) is 0 Å². The predicted molar refractivity (Wildman–Crippen MR) is 91.5 cm³/mol. The molecule has 2 aromatic rings. The summed E-state index contributed by atoms with van der Waals surface area (Å²) in [6, 6.07) is 11.7. The van der Waals surface area contributed by atoms with Crippen LogP contribution in [0.25, 0.3) is 0 Å². The number of hydrogen-bond donors (Lipinski definition) is 1. The molecule has 0 aliphatic carbocycles. The van der Waals surface area contributed by atoms with Crippen LogP contribution in [0.4, 0.5) is 0 Å². The maximum atomic E-state index is 5.86. The highest BCUT2D eigenvalue weighted by Crippen LogP contribution is 2.22. The quantitative estimate of drug-likeness (QED) is 0.768. The van der Waals surface area contributed by atoms with Crippen LogP contribution in [0.1, 0.15) is 31.1 Å². The fraction of sp³-hybridized carbons (Fsp3) is 0.389. The van der Waals surface area contributed by atoms with Crippen LogP contribution in [0.15, 0.2) is 42.6 Å². The van der Waals surface area contributed by atoms with E-state index in [4.69, 9.17) is 16.3 Å². The van der Waals surface area contributed by atoms with Crippen molar-refractivity contribution in [1.82, 2.24) is 10.3 Å². The number of hydrogen-bond acceptors (Lipinski definition) is 3. The number of halogens is 1. The topological polar surface area (TPSA) is 34.2 Å². The zero-order chi connectivity index (χ0) is 15.9. The average molecular weight is 319 g/mol. The van der Waals surface area contributed by atoms with Crippen molar-refractivity contribution >= 4 is 11.6 Å². The minimum Gasteiger partial charge on any atom is -0.492 e. The molecule has 1 unspecified atom stereocenters. The van der Waals surface area contributed by atoms with Crippen molar-refractivity contribution in [2.75, 3.05) is 13.2 Å². The molecular formula is C18H23ClN2O. The van der Waals surface area contributed by atoms with E-state index in [1.807, 2.05) is 36.5 Å². The normalized spacial score (nSPS) is 12.4. The van der Waals surface area contributed by atoms with Crippen LogP contribution in [-0.2, 0) is 0 Å². The number of nitrogens with zero attached hydrogens (tertiary/aromatic N) is 1. The van der Waals surface area contributed by atoms with Gasteiger partial charge in [0.25, 0.3) is 0 Å². The van der Waals surface area contributed by atoms with Gasteiger partial charge < -0.3 is 10.1 Å². The predicted octanol–water partition coefficient (Wildman–Crippen LogP) is 4.41. The molecule has 0 spiro atoms. The zero-order valence-corrected chi connectivity index (χ0v) is 14.1. The molecule has 22 heavy (non-hydrogen) atoms. The van der Waals surface area contributed by atoms with Crippen LogP contribution < -0.4 is 10.1 Å². The smallest absolute Gasteiger partial charge is 0.119 e. The van der Waals surface area contributed by atoms with Gasteiger partial charge in [0.15, 0.2) is 0 Å². The number of aromatic nitrogens is 1. The summed E-state index contributed by atoms with van der Waals surface area (Å²) in [4.78, 5) is 4.53. The van der Waals surface area contributed by atoms with Crippen molar-refractivity contribution in [3.63, 3.8) is 0 Å². The summed E-state index contributed by atoms with van der Waals surface area (Å²) < 4.78 is 5.72. The second-order valence-corrected chi connectivity index (χ2v) is 6.12. The Bertz CT molecular complexity index is 584. The van der Waals surface area contributed by atoms with E-state index >= 15 is 0 Å². The Hall–Kier alpha value is -1.58. The Kier molecular flexibility index (Phi) is 6.22. The standard InChI is InChI=1S/C18H23ClN2O/c1-13(2)17(18-14(3)5-4-10-20-18)21-11-12-22-16-8-6-15(19)7-9-16/h4-10,13,17,21H,11-12H2,1-3H3. The lowest BCUT2D eigenvalue weighted by Gasteiger charge is -2.23. The molecule has 0 saturated carbocycles. The van der Waals surface area contributed by atoms with Gasteiger partial charge in [0, 0.05) is 17.8 Å². The number of benzene rings is 1. The van der Waals surface area contributed by atoms with E-state index in [9.17, 15) is 0 Å². The van der Waals surface area contributed by atoms with Crippen LogP contribution in [0, 0.1) is 12.8 Å². The summed E-state index contributed by atoms with van der Waals surface area (Å²) in [6.07, 6.45) is 1.85. The molecule has 3 nitrogen and oxygen atoms in total. The van der Waals surface area contributed by atoms with Crippen LogP contribution in [-0.4, -0.2) is 18.1 Å². The van der Waals surface area contributed by atoms with Gasteiger partial charge >= 0.3 is 0 Å². The highest BCUT2D eigenvalue weighted by atomic mass is 35.5. The van der Waals surface area contributed by atoms with Crippen molar-refractivity contribution in [3.05, 3.63) is 58.9 Å². The van der Waals surface area contributed by atoms with E-state index in [0.717, 1.165) is 23.0 Å². The fourth-order valence-corrected chi connectivity index (χ4v) is 2.51. The lowest BCUT2D eigenvalue weighted by molar-refractivity contribution is 0.291. The van der Waals surface area contributed by atoms with Crippen LogP contribution >= 0.6 is 11.6 Å². The van der Waals surface area contributed by atoms with Crippen LogP contribution in [0.2, 0.25) is 5.02 Å². The largest absolute Gasteiger partial charge is 0.492 e. The summed E-state index contributed by atoms with van der Waals surface area (Å²) in [5.74, 6) is 1.30. The first-order valence-electron chi connectivity index (χ1n) is 7.61.